The Labute approximate surface area is 144 Å². The minimum atomic E-state index is 0. The van der Waals surface area contributed by atoms with Crippen LogP contribution < -0.4 is 5.73 Å². The van der Waals surface area contributed by atoms with Gasteiger partial charge in [-0.3, -0.25) is 4.90 Å². The van der Waals surface area contributed by atoms with Crippen LogP contribution in [-0.2, 0) is 6.54 Å². The first-order valence-corrected chi connectivity index (χ1v) is 7.54. The standard InChI is InChI=1S/C16H24N4.2ClH/c1-12-3-4-16-18-15(11-20(16)9-12)10-19-7-5-14(6-8-19)13(2)17;;/h3-4,9,11,13-14H,5-8,10,17H2,1-2H3;2*1H. The van der Waals surface area contributed by atoms with Gasteiger partial charge in [0.2, 0.25) is 0 Å². The van der Waals surface area contributed by atoms with E-state index in [0.29, 0.717) is 12.0 Å². The number of hydrogen-bond acceptors (Lipinski definition) is 3. The van der Waals surface area contributed by atoms with Gasteiger partial charge in [0.15, 0.2) is 0 Å². The van der Waals surface area contributed by atoms with Crippen molar-refractivity contribution >= 4 is 30.5 Å². The number of likely N-dealkylation sites (tertiary alicyclic amines) is 1. The Kier molecular flexibility index (Phi) is 7.13. The number of nitrogens with two attached hydrogens (primary N) is 1. The molecule has 1 fully saturated rings. The van der Waals surface area contributed by atoms with Crippen LogP contribution in [0.4, 0.5) is 0 Å². The maximum atomic E-state index is 6.00. The van der Waals surface area contributed by atoms with Gasteiger partial charge in [-0.2, -0.15) is 0 Å². The van der Waals surface area contributed by atoms with Crippen LogP contribution in [0.3, 0.4) is 0 Å². The SMILES string of the molecule is Cc1ccc2nc(CN3CCC(C(C)N)CC3)cn2c1.Cl.Cl. The summed E-state index contributed by atoms with van der Waals surface area (Å²) >= 11 is 0. The minimum absolute atomic E-state index is 0. The number of rotatable bonds is 3. The zero-order valence-electron chi connectivity index (χ0n) is 13.2. The van der Waals surface area contributed by atoms with Crippen LogP contribution in [0.1, 0.15) is 31.0 Å². The summed E-state index contributed by atoms with van der Waals surface area (Å²) in [7, 11) is 0. The Morgan fingerprint density at radius 2 is 1.91 bits per heavy atom. The van der Waals surface area contributed by atoms with E-state index >= 15 is 0 Å². The van der Waals surface area contributed by atoms with E-state index in [1.54, 1.807) is 0 Å². The second-order valence-corrected chi connectivity index (χ2v) is 6.18. The molecule has 22 heavy (non-hydrogen) atoms. The van der Waals surface area contributed by atoms with E-state index < -0.39 is 0 Å². The van der Waals surface area contributed by atoms with Gasteiger partial charge in [0.05, 0.1) is 5.69 Å². The first kappa shape index (κ1) is 19.2. The number of aromatic nitrogens is 2. The van der Waals surface area contributed by atoms with Gasteiger partial charge in [-0.1, -0.05) is 6.07 Å². The Morgan fingerprint density at radius 3 is 2.55 bits per heavy atom. The van der Waals surface area contributed by atoms with Crippen molar-refractivity contribution in [2.45, 2.75) is 39.3 Å². The van der Waals surface area contributed by atoms with Crippen molar-refractivity contribution in [3.63, 3.8) is 0 Å². The smallest absolute Gasteiger partial charge is 0.137 e. The van der Waals surface area contributed by atoms with Crippen molar-refractivity contribution in [1.29, 1.82) is 0 Å². The second-order valence-electron chi connectivity index (χ2n) is 6.18. The number of fused-ring (bicyclic) bond motifs is 1. The van der Waals surface area contributed by atoms with E-state index in [1.165, 1.54) is 18.4 Å². The number of pyridine rings is 1. The predicted octanol–water partition coefficient (Wildman–Crippen LogP) is 3.05. The molecule has 6 heteroatoms. The van der Waals surface area contributed by atoms with Gasteiger partial charge in [-0.05, 0) is 57.3 Å². The molecule has 1 unspecified atom stereocenters. The molecule has 1 aliphatic rings. The molecule has 0 aromatic carbocycles. The number of piperidine rings is 1. The van der Waals surface area contributed by atoms with Crippen molar-refractivity contribution in [3.05, 3.63) is 35.8 Å². The van der Waals surface area contributed by atoms with Gasteiger partial charge < -0.3 is 10.1 Å². The molecule has 4 nitrogen and oxygen atoms in total. The summed E-state index contributed by atoms with van der Waals surface area (Å²) in [5, 5.41) is 0. The lowest BCUT2D eigenvalue weighted by atomic mass is 9.91. The zero-order chi connectivity index (χ0) is 14.1. The third-order valence-electron chi connectivity index (χ3n) is 4.41. The highest BCUT2D eigenvalue weighted by Gasteiger charge is 2.22. The molecular weight excluding hydrogens is 319 g/mol. The van der Waals surface area contributed by atoms with Crippen LogP contribution in [0.5, 0.6) is 0 Å². The van der Waals surface area contributed by atoms with Crippen LogP contribution in [-0.4, -0.2) is 33.4 Å². The van der Waals surface area contributed by atoms with Crippen molar-refractivity contribution < 1.29 is 0 Å². The summed E-state index contributed by atoms with van der Waals surface area (Å²) in [5.41, 5.74) is 9.46. The quantitative estimate of drug-likeness (QED) is 0.930. The Hall–Kier alpha value is -0.810. The fourth-order valence-corrected chi connectivity index (χ4v) is 3.10. The van der Waals surface area contributed by atoms with E-state index in [1.807, 2.05) is 0 Å². The third kappa shape index (κ3) is 4.35. The van der Waals surface area contributed by atoms with Crippen molar-refractivity contribution in [2.24, 2.45) is 11.7 Å². The molecule has 3 heterocycles. The monoisotopic (exact) mass is 344 g/mol. The fourth-order valence-electron chi connectivity index (χ4n) is 3.10. The summed E-state index contributed by atoms with van der Waals surface area (Å²) in [6.07, 6.45) is 6.71. The number of nitrogens with zero attached hydrogens (tertiary/aromatic N) is 3. The van der Waals surface area contributed by atoms with Gasteiger partial charge in [-0.15, -0.1) is 24.8 Å². The topological polar surface area (TPSA) is 46.6 Å². The van der Waals surface area contributed by atoms with E-state index in [0.717, 1.165) is 31.0 Å². The normalized spacial score (nSPS) is 17.8. The van der Waals surface area contributed by atoms with Crippen LogP contribution in [0.25, 0.3) is 5.65 Å². The molecule has 2 aromatic rings. The molecule has 1 aliphatic heterocycles. The van der Waals surface area contributed by atoms with Crippen LogP contribution in [0, 0.1) is 12.8 Å². The molecule has 0 saturated carbocycles. The number of halogens is 2. The molecule has 124 valence electrons. The number of imidazole rings is 1. The van der Waals surface area contributed by atoms with E-state index in [9.17, 15) is 0 Å². The van der Waals surface area contributed by atoms with Crippen LogP contribution >= 0.6 is 24.8 Å². The Balaban J connectivity index is 0.00000121. The average molecular weight is 345 g/mol. The van der Waals surface area contributed by atoms with E-state index in [-0.39, 0.29) is 24.8 Å². The van der Waals surface area contributed by atoms with E-state index in [4.69, 9.17) is 10.7 Å². The first-order valence-electron chi connectivity index (χ1n) is 7.54. The zero-order valence-corrected chi connectivity index (χ0v) is 14.9. The van der Waals surface area contributed by atoms with Gasteiger partial charge in [-0.25, -0.2) is 4.98 Å². The van der Waals surface area contributed by atoms with Gasteiger partial charge in [0, 0.05) is 25.0 Å². The summed E-state index contributed by atoms with van der Waals surface area (Å²) in [5.74, 6) is 0.690. The highest BCUT2D eigenvalue weighted by atomic mass is 35.5. The maximum absolute atomic E-state index is 6.00. The average Bonchev–Trinajstić information content (AvgIpc) is 2.80. The molecule has 0 amide bonds. The lowest BCUT2D eigenvalue weighted by molar-refractivity contribution is 0.164. The summed E-state index contributed by atoms with van der Waals surface area (Å²) in [4.78, 5) is 7.19. The molecule has 1 atom stereocenters. The number of aryl methyl sites for hydroxylation is 1. The van der Waals surface area contributed by atoms with Gasteiger partial charge in [0.25, 0.3) is 0 Å². The third-order valence-corrected chi connectivity index (χ3v) is 4.41. The Morgan fingerprint density at radius 1 is 1.23 bits per heavy atom. The summed E-state index contributed by atoms with van der Waals surface area (Å²) < 4.78 is 2.12. The second kappa shape index (κ2) is 8.16. The highest BCUT2D eigenvalue weighted by Crippen LogP contribution is 2.21. The molecular formula is C16H26Cl2N4. The molecule has 3 rings (SSSR count). The van der Waals surface area contributed by atoms with E-state index in [2.05, 4.69) is 47.7 Å². The van der Waals surface area contributed by atoms with Crippen LogP contribution in [0.15, 0.2) is 24.5 Å². The predicted molar refractivity (Wildman–Crippen MR) is 96.1 cm³/mol. The lowest BCUT2D eigenvalue weighted by Crippen LogP contribution is -2.39. The maximum Gasteiger partial charge on any atom is 0.137 e. The molecule has 2 N–H and O–H groups in total. The summed E-state index contributed by atoms with van der Waals surface area (Å²) in [6, 6.07) is 4.52. The highest BCUT2D eigenvalue weighted by molar-refractivity contribution is 5.85. The lowest BCUT2D eigenvalue weighted by Gasteiger charge is -2.33. The Bertz CT molecular complexity index is 589. The molecule has 2 aromatic heterocycles. The van der Waals surface area contributed by atoms with Gasteiger partial charge in [0.1, 0.15) is 5.65 Å². The van der Waals surface area contributed by atoms with Gasteiger partial charge >= 0.3 is 0 Å². The fraction of sp³-hybridized carbons (Fsp3) is 0.562. The largest absolute Gasteiger partial charge is 0.328 e. The van der Waals surface area contributed by atoms with Crippen LogP contribution in [0.2, 0.25) is 0 Å². The molecule has 1 saturated heterocycles. The first-order chi connectivity index (χ1) is 9.61. The summed E-state index contributed by atoms with van der Waals surface area (Å²) in [6.45, 7) is 7.47. The molecule has 0 aliphatic carbocycles. The van der Waals surface area contributed by atoms with Crippen molar-refractivity contribution in [2.75, 3.05) is 13.1 Å². The molecule has 0 bridgehead atoms. The van der Waals surface area contributed by atoms with Crippen molar-refractivity contribution in [1.82, 2.24) is 14.3 Å². The molecule has 0 radical (unpaired) electrons. The number of hydrogen-bond donors (Lipinski definition) is 1. The molecule has 0 spiro atoms. The van der Waals surface area contributed by atoms with Crippen molar-refractivity contribution in [3.8, 4) is 0 Å². The minimum Gasteiger partial charge on any atom is -0.328 e.